The number of carbonyl (C=O) groups is 2. The van der Waals surface area contributed by atoms with Crippen LogP contribution in [0.15, 0.2) is 47.7 Å². The van der Waals surface area contributed by atoms with Gasteiger partial charge in [-0.1, -0.05) is 0 Å². The molecule has 1 aromatic carbocycles. The third kappa shape index (κ3) is 6.11. The van der Waals surface area contributed by atoms with E-state index in [1.165, 1.54) is 0 Å². The zero-order valence-electron chi connectivity index (χ0n) is 25.5. The molecule has 13 heteroatoms. The monoisotopic (exact) mass is 614 g/mol. The molecule has 3 saturated carbocycles. The summed E-state index contributed by atoms with van der Waals surface area (Å²) >= 11 is 0. The van der Waals surface area contributed by atoms with E-state index in [0.717, 1.165) is 73.5 Å². The molecule has 0 radical (unpaired) electrons. The predicted molar refractivity (Wildman–Crippen MR) is 169 cm³/mol. The quantitative estimate of drug-likeness (QED) is 0.241. The number of hydrogen-bond acceptors (Lipinski definition) is 8. The second-order valence-corrected chi connectivity index (χ2v) is 12.4. The lowest BCUT2D eigenvalue weighted by atomic mass is 9.96. The molecule has 0 unspecified atom stereocenters. The molecule has 4 aromatic rings. The van der Waals surface area contributed by atoms with Crippen LogP contribution in [0.3, 0.4) is 0 Å². The van der Waals surface area contributed by atoms with Crippen LogP contribution in [0, 0.1) is 0 Å². The van der Waals surface area contributed by atoms with Crippen molar-refractivity contribution in [1.29, 1.82) is 0 Å². The van der Waals surface area contributed by atoms with Crippen molar-refractivity contribution in [1.82, 2.24) is 29.2 Å². The van der Waals surface area contributed by atoms with Crippen molar-refractivity contribution in [2.75, 3.05) is 10.6 Å². The number of nitrogens with zero attached hydrogens (tertiary/aromatic N) is 5. The number of pyridine rings is 1. The minimum atomic E-state index is -0.484. The molecule has 13 nitrogen and oxygen atoms in total. The van der Waals surface area contributed by atoms with Crippen molar-refractivity contribution in [2.45, 2.75) is 82.1 Å². The van der Waals surface area contributed by atoms with Crippen molar-refractivity contribution in [2.24, 2.45) is 14.1 Å². The highest BCUT2D eigenvalue weighted by Gasteiger charge is 2.31. The summed E-state index contributed by atoms with van der Waals surface area (Å²) in [6, 6.07) is 7.40. The molecule has 2 atom stereocenters. The van der Waals surface area contributed by atoms with Crippen molar-refractivity contribution >= 4 is 40.4 Å². The van der Waals surface area contributed by atoms with Gasteiger partial charge < -0.3 is 20.1 Å². The van der Waals surface area contributed by atoms with Crippen LogP contribution in [0.1, 0.15) is 63.8 Å². The predicted octanol–water partition coefficient (Wildman–Crippen LogP) is 5.35. The zero-order chi connectivity index (χ0) is 31.1. The Morgan fingerprint density at radius 3 is 2.27 bits per heavy atom. The highest BCUT2D eigenvalue weighted by molar-refractivity contribution is 5.88. The Balaban J connectivity index is 1.13. The van der Waals surface area contributed by atoms with E-state index in [2.05, 4.69) is 26.0 Å². The number of alkyl carbamates (subject to hydrolysis) is 1. The average Bonchev–Trinajstić information content (AvgIpc) is 3.67. The van der Waals surface area contributed by atoms with E-state index in [1.807, 2.05) is 42.1 Å². The number of rotatable bonds is 8. The van der Waals surface area contributed by atoms with Crippen LogP contribution in [0.4, 0.5) is 26.8 Å². The first kappa shape index (κ1) is 28.9. The van der Waals surface area contributed by atoms with Crippen molar-refractivity contribution in [3.63, 3.8) is 0 Å². The molecule has 3 aromatic heterocycles. The Morgan fingerprint density at radius 2 is 1.58 bits per heavy atom. The van der Waals surface area contributed by atoms with E-state index in [9.17, 15) is 14.4 Å². The molecule has 0 saturated heterocycles. The fourth-order valence-corrected chi connectivity index (χ4v) is 6.29. The number of aromatic nitrogens is 5. The maximum absolute atomic E-state index is 13.4. The van der Waals surface area contributed by atoms with Gasteiger partial charge in [0.05, 0.1) is 23.4 Å². The molecular formula is C32H38N8O5. The molecule has 3 aliphatic rings. The standard InChI is InChI=1S/C32H38N8O5/c1-38-18-20(16-34-38)19-11-22(13-23(12-19)37-31(42)45-26-7-4-8-26)35-29-15-27-28(17-33-29)39(2)32(43)40(27)24-10-9-21(14-24)36-30(41)44-25-5-3-6-25/h11-13,15-18,21,24-26H,3-10,14H2,1-2H3,(H,33,35)(H,36,41)(H,37,42)/t21-,24-/m1/s1. The van der Waals surface area contributed by atoms with Crippen LogP contribution in [-0.2, 0) is 23.6 Å². The minimum absolute atomic E-state index is 0.0272. The number of fused-ring (bicyclic) bond motifs is 1. The number of amides is 2. The van der Waals surface area contributed by atoms with Crippen molar-refractivity contribution in [3.05, 3.63) is 53.3 Å². The zero-order valence-corrected chi connectivity index (χ0v) is 25.5. The van der Waals surface area contributed by atoms with Gasteiger partial charge >= 0.3 is 17.9 Å². The number of hydrogen-bond donors (Lipinski definition) is 3. The van der Waals surface area contributed by atoms with Gasteiger partial charge in [0, 0.05) is 55.4 Å². The van der Waals surface area contributed by atoms with Crippen LogP contribution in [0.2, 0.25) is 0 Å². The molecule has 2 amide bonds. The Hall–Kier alpha value is -4.81. The van der Waals surface area contributed by atoms with Crippen LogP contribution in [0.5, 0.6) is 0 Å². The van der Waals surface area contributed by atoms with Crippen molar-refractivity contribution in [3.8, 4) is 11.1 Å². The van der Waals surface area contributed by atoms with E-state index in [1.54, 1.807) is 28.7 Å². The SMILES string of the molecule is Cn1cc(-c2cc(NC(=O)OC3CCC3)cc(Nc3cc4c(cn3)n(C)c(=O)n4[C@@H]3CC[C@@H](NC(=O)OC4CCC4)C3)c2)cn1. The highest BCUT2D eigenvalue weighted by atomic mass is 16.6. The first-order valence-corrected chi connectivity index (χ1v) is 15.7. The van der Waals surface area contributed by atoms with Gasteiger partial charge in [-0.3, -0.25) is 19.1 Å². The van der Waals surface area contributed by atoms with Gasteiger partial charge in [-0.2, -0.15) is 5.10 Å². The molecule has 45 heavy (non-hydrogen) atoms. The summed E-state index contributed by atoms with van der Waals surface area (Å²) in [6.45, 7) is 0. The number of imidazole rings is 1. The third-order valence-corrected chi connectivity index (χ3v) is 9.21. The Labute approximate surface area is 259 Å². The number of nitrogens with one attached hydrogen (secondary N) is 3. The Morgan fingerprint density at radius 1 is 0.844 bits per heavy atom. The van der Waals surface area contributed by atoms with Gasteiger partial charge in [0.2, 0.25) is 0 Å². The summed E-state index contributed by atoms with van der Waals surface area (Å²) in [7, 11) is 3.59. The van der Waals surface area contributed by atoms with Gasteiger partial charge in [0.15, 0.2) is 0 Å². The summed E-state index contributed by atoms with van der Waals surface area (Å²) in [5, 5.41) is 13.5. The fourth-order valence-electron chi connectivity index (χ4n) is 6.29. The maximum Gasteiger partial charge on any atom is 0.411 e. The summed E-state index contributed by atoms with van der Waals surface area (Å²) in [4.78, 5) is 43.0. The Bertz CT molecular complexity index is 1800. The van der Waals surface area contributed by atoms with E-state index < -0.39 is 6.09 Å². The van der Waals surface area contributed by atoms with Crippen LogP contribution < -0.4 is 21.6 Å². The second-order valence-electron chi connectivity index (χ2n) is 12.4. The van der Waals surface area contributed by atoms with E-state index in [0.29, 0.717) is 23.6 Å². The van der Waals surface area contributed by atoms with Gasteiger partial charge in [0.1, 0.15) is 18.0 Å². The van der Waals surface area contributed by atoms with Gasteiger partial charge in [-0.15, -0.1) is 0 Å². The number of carbonyl (C=O) groups excluding carboxylic acids is 2. The lowest BCUT2D eigenvalue weighted by molar-refractivity contribution is 0.0504. The molecular weight excluding hydrogens is 576 g/mol. The number of anilines is 3. The van der Waals surface area contributed by atoms with E-state index in [4.69, 9.17) is 9.47 Å². The van der Waals surface area contributed by atoms with Crippen LogP contribution in [-0.4, -0.2) is 54.3 Å². The summed E-state index contributed by atoms with van der Waals surface area (Å²) in [5.41, 5.74) is 4.36. The minimum Gasteiger partial charge on any atom is -0.446 e. The molecule has 7 rings (SSSR count). The topological polar surface area (TPSA) is 146 Å². The van der Waals surface area contributed by atoms with Crippen molar-refractivity contribution < 1.29 is 19.1 Å². The normalized spacial score (nSPS) is 20.0. The molecule has 3 N–H and O–H groups in total. The van der Waals surface area contributed by atoms with Crippen LogP contribution in [0.25, 0.3) is 22.2 Å². The first-order valence-electron chi connectivity index (χ1n) is 15.7. The molecule has 0 bridgehead atoms. The van der Waals surface area contributed by atoms with Gasteiger partial charge in [0.25, 0.3) is 0 Å². The average molecular weight is 615 g/mol. The highest BCUT2D eigenvalue weighted by Crippen LogP contribution is 2.34. The number of aryl methyl sites for hydroxylation is 2. The first-order chi connectivity index (χ1) is 21.8. The van der Waals surface area contributed by atoms with E-state index in [-0.39, 0.29) is 36.1 Å². The fraction of sp³-hybridized carbons (Fsp3) is 0.469. The lowest BCUT2D eigenvalue weighted by Crippen LogP contribution is -2.37. The molecule has 0 aliphatic heterocycles. The van der Waals surface area contributed by atoms with Crippen LogP contribution >= 0.6 is 0 Å². The lowest BCUT2D eigenvalue weighted by Gasteiger charge is -2.26. The molecule has 3 aliphatic carbocycles. The molecule has 3 heterocycles. The molecule has 0 spiro atoms. The molecule has 236 valence electrons. The smallest absolute Gasteiger partial charge is 0.411 e. The number of benzene rings is 1. The summed E-state index contributed by atoms with van der Waals surface area (Å²) in [6.07, 6.45) is 12.5. The molecule has 3 fully saturated rings. The second kappa shape index (κ2) is 11.9. The largest absolute Gasteiger partial charge is 0.446 e. The summed E-state index contributed by atoms with van der Waals surface area (Å²) < 4.78 is 16.1. The van der Waals surface area contributed by atoms with Gasteiger partial charge in [-0.05, 0) is 81.5 Å². The summed E-state index contributed by atoms with van der Waals surface area (Å²) in [5.74, 6) is 0.546. The Kier molecular flexibility index (Phi) is 7.68. The van der Waals surface area contributed by atoms with Gasteiger partial charge in [-0.25, -0.2) is 19.4 Å². The third-order valence-electron chi connectivity index (χ3n) is 9.21. The number of ether oxygens (including phenoxy) is 2. The maximum atomic E-state index is 13.4. The van der Waals surface area contributed by atoms with E-state index >= 15 is 0 Å².